The molecule has 10 heavy (non-hydrogen) atoms. The number of ether oxygens (including phenoxy) is 2. The van der Waals surface area contributed by atoms with Gasteiger partial charge in [-0.3, -0.25) is 0 Å². The van der Waals surface area contributed by atoms with E-state index < -0.39 is 12.2 Å². The van der Waals surface area contributed by atoms with E-state index in [2.05, 4.69) is 0 Å². The lowest BCUT2D eigenvalue weighted by Gasteiger charge is -2.12. The Kier molecular flexibility index (Phi) is 1.42. The maximum Gasteiger partial charge on any atom is 0.111 e. The van der Waals surface area contributed by atoms with E-state index in [4.69, 9.17) is 9.47 Å². The summed E-state index contributed by atoms with van der Waals surface area (Å²) >= 11 is 0. The van der Waals surface area contributed by atoms with Crippen LogP contribution in [0.2, 0.25) is 0 Å². The molecule has 0 unspecified atom stereocenters. The van der Waals surface area contributed by atoms with Crippen molar-refractivity contribution in [2.24, 2.45) is 0 Å². The van der Waals surface area contributed by atoms with Crippen LogP contribution in [0.5, 0.6) is 0 Å². The first-order valence-corrected chi connectivity index (χ1v) is 3.38. The second kappa shape index (κ2) is 2.17. The van der Waals surface area contributed by atoms with Gasteiger partial charge in [-0.15, -0.1) is 0 Å². The molecule has 2 heterocycles. The topological polar surface area (TPSA) is 65.5 Å². The van der Waals surface area contributed by atoms with Gasteiger partial charge < -0.3 is 19.7 Å². The third-order valence-corrected chi connectivity index (χ3v) is 1.83. The van der Waals surface area contributed by atoms with E-state index in [0.717, 1.165) is 0 Å². The minimum Gasteiger partial charge on any atom is -0.388 e. The molecule has 0 amide bonds. The minimum absolute atomic E-state index is 0.154. The maximum atomic E-state index is 9.21. The number of hydrogen-bond acceptors (Lipinski definition) is 4. The van der Waals surface area contributed by atoms with Gasteiger partial charge in [0.1, 0.15) is 24.4 Å². The minimum atomic E-state index is -0.757. The van der Waals surface area contributed by atoms with E-state index >= 15 is 0 Å². The molecule has 0 aliphatic carbocycles. The number of aliphatic hydroxyl groups excluding tert-OH is 2. The van der Waals surface area contributed by atoms with Crippen molar-refractivity contribution in [3.05, 3.63) is 0 Å². The van der Waals surface area contributed by atoms with Gasteiger partial charge in [0, 0.05) is 0 Å². The molecule has 0 saturated carbocycles. The fourth-order valence-corrected chi connectivity index (χ4v) is 0.945. The van der Waals surface area contributed by atoms with E-state index in [1.165, 1.54) is 0 Å². The highest BCUT2D eigenvalue weighted by Crippen LogP contribution is 2.23. The molecule has 2 rings (SSSR count). The zero-order valence-corrected chi connectivity index (χ0v) is 5.43. The van der Waals surface area contributed by atoms with Crippen molar-refractivity contribution in [1.29, 1.82) is 0 Å². The largest absolute Gasteiger partial charge is 0.388 e. The van der Waals surface area contributed by atoms with Crippen LogP contribution in [-0.4, -0.2) is 47.8 Å². The van der Waals surface area contributed by atoms with Crippen LogP contribution in [0, 0.1) is 0 Å². The molecule has 0 aromatic carbocycles. The molecular weight excluding hydrogens is 136 g/mol. The van der Waals surface area contributed by atoms with Gasteiger partial charge in [-0.2, -0.15) is 0 Å². The molecule has 58 valence electrons. The van der Waals surface area contributed by atoms with Crippen LogP contribution < -0.4 is 0 Å². The standard InChI is InChI=1S/C6H10O4/c7-5(3-1-9-3)6(8)4-2-10-4/h3-8H,1-2H2/t3-,4-,5-,6-/m1/s1. The van der Waals surface area contributed by atoms with Crippen molar-refractivity contribution in [2.75, 3.05) is 13.2 Å². The average Bonchev–Trinajstić information content (AvgIpc) is 2.73. The fraction of sp³-hybridized carbons (Fsp3) is 1.00. The molecule has 0 aromatic rings. The van der Waals surface area contributed by atoms with Crippen molar-refractivity contribution >= 4 is 0 Å². The Balaban J connectivity index is 1.83. The van der Waals surface area contributed by atoms with Gasteiger partial charge in [-0.1, -0.05) is 0 Å². The highest BCUT2D eigenvalue weighted by Gasteiger charge is 2.43. The van der Waals surface area contributed by atoms with Crippen molar-refractivity contribution in [3.8, 4) is 0 Å². The Morgan fingerprint density at radius 2 is 1.30 bits per heavy atom. The molecule has 0 radical (unpaired) electrons. The van der Waals surface area contributed by atoms with Crippen LogP contribution in [0.4, 0.5) is 0 Å². The molecule has 4 nitrogen and oxygen atoms in total. The molecule has 0 spiro atoms. The lowest BCUT2D eigenvalue weighted by Crippen LogP contribution is -2.35. The number of rotatable bonds is 3. The van der Waals surface area contributed by atoms with E-state index in [1.807, 2.05) is 0 Å². The zero-order valence-electron chi connectivity index (χ0n) is 5.43. The average molecular weight is 146 g/mol. The van der Waals surface area contributed by atoms with Crippen molar-refractivity contribution < 1.29 is 19.7 Å². The Morgan fingerprint density at radius 3 is 1.50 bits per heavy atom. The highest BCUT2D eigenvalue weighted by atomic mass is 16.6. The number of epoxide rings is 2. The van der Waals surface area contributed by atoms with E-state index in [-0.39, 0.29) is 12.2 Å². The van der Waals surface area contributed by atoms with E-state index in [1.54, 1.807) is 0 Å². The number of hydrogen-bond donors (Lipinski definition) is 2. The first-order chi connectivity index (χ1) is 4.79. The molecule has 4 atom stereocenters. The molecule has 2 N–H and O–H groups in total. The van der Waals surface area contributed by atoms with Gasteiger partial charge in [0.25, 0.3) is 0 Å². The van der Waals surface area contributed by atoms with Crippen LogP contribution in [0.1, 0.15) is 0 Å². The van der Waals surface area contributed by atoms with Gasteiger partial charge in [-0.25, -0.2) is 0 Å². The smallest absolute Gasteiger partial charge is 0.111 e. The molecular formula is C6H10O4. The van der Waals surface area contributed by atoms with Crippen molar-refractivity contribution in [3.63, 3.8) is 0 Å². The lowest BCUT2D eigenvalue weighted by molar-refractivity contribution is -0.0116. The second-order valence-electron chi connectivity index (χ2n) is 2.72. The Morgan fingerprint density at radius 1 is 1.00 bits per heavy atom. The van der Waals surface area contributed by atoms with Crippen LogP contribution >= 0.6 is 0 Å². The number of aliphatic hydroxyl groups is 2. The summed E-state index contributed by atoms with van der Waals surface area (Å²) < 4.78 is 9.61. The molecule has 2 saturated heterocycles. The summed E-state index contributed by atoms with van der Waals surface area (Å²) in [6.45, 7) is 1.12. The summed E-state index contributed by atoms with van der Waals surface area (Å²) in [5.41, 5.74) is 0. The van der Waals surface area contributed by atoms with Gasteiger partial charge in [0.15, 0.2) is 0 Å². The van der Waals surface area contributed by atoms with Gasteiger partial charge in [0.2, 0.25) is 0 Å². The summed E-state index contributed by atoms with van der Waals surface area (Å²) in [4.78, 5) is 0. The van der Waals surface area contributed by atoms with Gasteiger partial charge in [0.05, 0.1) is 13.2 Å². The third-order valence-electron chi connectivity index (χ3n) is 1.83. The second-order valence-corrected chi connectivity index (χ2v) is 2.72. The SMILES string of the molecule is O[C@@H]([C@H](O)[C@H]1CO1)[C@H]1CO1. The lowest BCUT2D eigenvalue weighted by atomic mass is 10.1. The first kappa shape index (κ1) is 6.54. The normalized spacial score (nSPS) is 42.6. The quantitative estimate of drug-likeness (QED) is 0.476. The Labute approximate surface area is 58.4 Å². The summed E-state index contributed by atoms with van der Waals surface area (Å²) in [5.74, 6) is 0. The summed E-state index contributed by atoms with van der Waals surface area (Å²) in [6.07, 6.45) is -1.82. The molecule has 2 fully saturated rings. The predicted octanol–water partition coefficient (Wildman–Crippen LogP) is -1.49. The van der Waals surface area contributed by atoms with E-state index in [9.17, 15) is 10.2 Å². The highest BCUT2D eigenvalue weighted by molar-refractivity contribution is 4.91. The molecule has 0 aromatic heterocycles. The van der Waals surface area contributed by atoms with E-state index in [0.29, 0.717) is 13.2 Å². The monoisotopic (exact) mass is 146 g/mol. The molecule has 2 aliphatic heterocycles. The molecule has 0 bridgehead atoms. The predicted molar refractivity (Wildman–Crippen MR) is 31.5 cm³/mol. The summed E-state index contributed by atoms with van der Waals surface area (Å²) in [6, 6.07) is 0. The maximum absolute atomic E-state index is 9.21. The fourth-order valence-electron chi connectivity index (χ4n) is 0.945. The third kappa shape index (κ3) is 1.15. The summed E-state index contributed by atoms with van der Waals surface area (Å²) in [5, 5.41) is 18.4. The summed E-state index contributed by atoms with van der Waals surface area (Å²) in [7, 11) is 0. The van der Waals surface area contributed by atoms with Crippen LogP contribution in [0.25, 0.3) is 0 Å². The Hall–Kier alpha value is -0.160. The van der Waals surface area contributed by atoms with Crippen LogP contribution in [0.3, 0.4) is 0 Å². The first-order valence-electron chi connectivity index (χ1n) is 3.38. The molecule has 2 aliphatic rings. The van der Waals surface area contributed by atoms with Crippen LogP contribution in [-0.2, 0) is 9.47 Å². The van der Waals surface area contributed by atoms with Crippen molar-refractivity contribution in [2.45, 2.75) is 24.4 Å². The van der Waals surface area contributed by atoms with Crippen molar-refractivity contribution in [1.82, 2.24) is 0 Å². The molecule has 4 heteroatoms. The van der Waals surface area contributed by atoms with Gasteiger partial charge >= 0.3 is 0 Å². The van der Waals surface area contributed by atoms with Crippen LogP contribution in [0.15, 0.2) is 0 Å². The zero-order chi connectivity index (χ0) is 7.14. The Bertz CT molecular complexity index is 114. The van der Waals surface area contributed by atoms with Gasteiger partial charge in [-0.05, 0) is 0 Å².